The maximum Gasteiger partial charge on any atom is 0.251 e. The Morgan fingerprint density at radius 1 is 1.31 bits per heavy atom. The monoisotopic (exact) mass is 452 g/mol. The lowest BCUT2D eigenvalue weighted by molar-refractivity contribution is 0.0964. The summed E-state index contributed by atoms with van der Waals surface area (Å²) < 4.78 is 1.08. The molecule has 3 heterocycles. The SMILES string of the molecule is CNC(=O)c1cccc2sc(-c3nc(NCCCN4CCN(C)CC4C)ncc3C)cc12. The van der Waals surface area contributed by atoms with E-state index in [-0.39, 0.29) is 5.91 Å². The Bertz CT molecular complexity index is 1100. The van der Waals surface area contributed by atoms with Crippen molar-refractivity contribution in [3.05, 3.63) is 41.6 Å². The van der Waals surface area contributed by atoms with E-state index in [0.29, 0.717) is 17.6 Å². The average molecular weight is 453 g/mol. The second-order valence-corrected chi connectivity index (χ2v) is 9.64. The molecule has 0 spiro atoms. The van der Waals surface area contributed by atoms with Crippen LogP contribution < -0.4 is 10.6 Å². The fraction of sp³-hybridized carbons (Fsp3) is 0.458. The van der Waals surface area contributed by atoms with Crippen molar-refractivity contribution in [1.29, 1.82) is 0 Å². The number of fused-ring (bicyclic) bond motifs is 1. The van der Waals surface area contributed by atoms with Gasteiger partial charge in [0.2, 0.25) is 5.95 Å². The van der Waals surface area contributed by atoms with Gasteiger partial charge in [-0.3, -0.25) is 9.69 Å². The molecule has 1 aliphatic heterocycles. The third-order valence-electron chi connectivity index (χ3n) is 6.11. The lowest BCUT2D eigenvalue weighted by Gasteiger charge is -2.38. The van der Waals surface area contributed by atoms with Crippen LogP contribution in [-0.4, -0.2) is 78.5 Å². The standard InChI is InChI=1S/C24H32N6OS/c1-16-14-27-24(26-9-6-10-30-12-11-29(4)15-17(30)2)28-22(16)21-13-19-18(23(31)25-3)7-5-8-20(19)32-21/h5,7-8,13-14,17H,6,9-12,15H2,1-4H3,(H,25,31)(H,26,27,28). The smallest absolute Gasteiger partial charge is 0.251 e. The highest BCUT2D eigenvalue weighted by atomic mass is 32.1. The van der Waals surface area contributed by atoms with Gasteiger partial charge in [-0.15, -0.1) is 11.3 Å². The molecule has 0 bridgehead atoms. The molecule has 0 aliphatic carbocycles. The first-order valence-electron chi connectivity index (χ1n) is 11.2. The van der Waals surface area contributed by atoms with Crippen molar-refractivity contribution < 1.29 is 4.79 Å². The number of piperazine rings is 1. The lowest BCUT2D eigenvalue weighted by atomic mass is 10.1. The van der Waals surface area contributed by atoms with Gasteiger partial charge >= 0.3 is 0 Å². The fourth-order valence-electron chi connectivity index (χ4n) is 4.28. The van der Waals surface area contributed by atoms with Crippen molar-refractivity contribution in [2.45, 2.75) is 26.3 Å². The average Bonchev–Trinajstić information content (AvgIpc) is 3.22. The Balaban J connectivity index is 1.44. The van der Waals surface area contributed by atoms with Crippen LogP contribution in [0.3, 0.4) is 0 Å². The molecule has 2 N–H and O–H groups in total. The Hall–Kier alpha value is -2.55. The molecule has 1 unspecified atom stereocenters. The van der Waals surface area contributed by atoms with Crippen LogP contribution in [0.5, 0.6) is 0 Å². The lowest BCUT2D eigenvalue weighted by Crippen LogP contribution is -2.50. The Morgan fingerprint density at radius 2 is 2.16 bits per heavy atom. The van der Waals surface area contributed by atoms with Crippen LogP contribution in [-0.2, 0) is 0 Å². The number of likely N-dealkylation sites (N-methyl/N-ethyl adjacent to an activating group) is 1. The minimum atomic E-state index is -0.0728. The fourth-order valence-corrected chi connectivity index (χ4v) is 5.42. The second kappa shape index (κ2) is 9.94. The highest BCUT2D eigenvalue weighted by molar-refractivity contribution is 7.22. The van der Waals surface area contributed by atoms with Gasteiger partial charge in [-0.1, -0.05) is 6.07 Å². The summed E-state index contributed by atoms with van der Waals surface area (Å²) in [6.07, 6.45) is 2.93. The van der Waals surface area contributed by atoms with Gasteiger partial charge in [-0.25, -0.2) is 9.97 Å². The molecule has 1 atom stereocenters. The minimum absolute atomic E-state index is 0.0728. The van der Waals surface area contributed by atoms with Crippen molar-refractivity contribution >= 4 is 33.3 Å². The molecule has 32 heavy (non-hydrogen) atoms. The van der Waals surface area contributed by atoms with E-state index >= 15 is 0 Å². The van der Waals surface area contributed by atoms with Gasteiger partial charge in [-0.05, 0) is 51.1 Å². The minimum Gasteiger partial charge on any atom is -0.355 e. The van der Waals surface area contributed by atoms with Gasteiger partial charge in [0, 0.05) is 67.7 Å². The summed E-state index contributed by atoms with van der Waals surface area (Å²) in [4.78, 5) is 27.5. The van der Waals surface area contributed by atoms with Crippen molar-refractivity contribution in [3.63, 3.8) is 0 Å². The number of aromatic nitrogens is 2. The Morgan fingerprint density at radius 3 is 2.94 bits per heavy atom. The predicted octanol–water partition coefficient (Wildman–Crippen LogP) is 3.46. The van der Waals surface area contributed by atoms with Crippen molar-refractivity contribution in [3.8, 4) is 10.6 Å². The summed E-state index contributed by atoms with van der Waals surface area (Å²) in [6, 6.07) is 8.50. The zero-order valence-corrected chi connectivity index (χ0v) is 20.1. The number of hydrogen-bond donors (Lipinski definition) is 2. The molecule has 4 rings (SSSR count). The number of nitrogens with zero attached hydrogens (tertiary/aromatic N) is 4. The first-order chi connectivity index (χ1) is 15.5. The number of thiophene rings is 1. The zero-order valence-electron chi connectivity index (χ0n) is 19.3. The van der Waals surface area contributed by atoms with Gasteiger partial charge in [-0.2, -0.15) is 0 Å². The summed E-state index contributed by atoms with van der Waals surface area (Å²) in [6.45, 7) is 9.66. The van der Waals surface area contributed by atoms with E-state index in [0.717, 1.165) is 65.4 Å². The summed E-state index contributed by atoms with van der Waals surface area (Å²) in [5.41, 5.74) is 2.63. The van der Waals surface area contributed by atoms with Crippen LogP contribution in [0.1, 0.15) is 29.3 Å². The molecule has 0 saturated carbocycles. The van der Waals surface area contributed by atoms with E-state index in [2.05, 4.69) is 45.5 Å². The molecular formula is C24H32N6OS. The molecule has 0 radical (unpaired) electrons. The number of carbonyl (C=O) groups excluding carboxylic acids is 1. The maximum absolute atomic E-state index is 12.2. The Kier molecular flexibility index (Phi) is 7.03. The van der Waals surface area contributed by atoms with Crippen LogP contribution in [0.15, 0.2) is 30.5 Å². The maximum atomic E-state index is 12.2. The molecular weight excluding hydrogens is 420 g/mol. The van der Waals surface area contributed by atoms with E-state index in [4.69, 9.17) is 4.98 Å². The largest absolute Gasteiger partial charge is 0.355 e. The summed E-state index contributed by atoms with van der Waals surface area (Å²) >= 11 is 1.65. The molecule has 1 aliphatic rings. The number of anilines is 1. The number of aryl methyl sites for hydroxylation is 1. The summed E-state index contributed by atoms with van der Waals surface area (Å²) in [7, 11) is 3.85. The topological polar surface area (TPSA) is 73.4 Å². The van der Waals surface area contributed by atoms with Crippen molar-refractivity contribution in [1.82, 2.24) is 25.1 Å². The Labute approximate surface area is 193 Å². The molecule has 1 aromatic carbocycles. The van der Waals surface area contributed by atoms with E-state index < -0.39 is 0 Å². The molecule has 1 saturated heterocycles. The quantitative estimate of drug-likeness (QED) is 0.535. The molecule has 170 valence electrons. The summed E-state index contributed by atoms with van der Waals surface area (Å²) in [5.74, 6) is 0.581. The first kappa shape index (κ1) is 22.6. The van der Waals surface area contributed by atoms with Crippen LogP contribution >= 0.6 is 11.3 Å². The number of nitrogens with one attached hydrogen (secondary N) is 2. The number of benzene rings is 1. The van der Waals surface area contributed by atoms with E-state index in [1.165, 1.54) is 0 Å². The highest BCUT2D eigenvalue weighted by Crippen LogP contribution is 2.35. The molecule has 1 fully saturated rings. The van der Waals surface area contributed by atoms with Gasteiger partial charge in [0.25, 0.3) is 5.91 Å². The molecule has 8 heteroatoms. The molecule has 7 nitrogen and oxygen atoms in total. The first-order valence-corrected chi connectivity index (χ1v) is 12.0. The number of rotatable bonds is 7. The predicted molar refractivity (Wildman–Crippen MR) is 133 cm³/mol. The van der Waals surface area contributed by atoms with Crippen molar-refractivity contribution in [2.24, 2.45) is 0 Å². The van der Waals surface area contributed by atoms with Crippen LogP contribution in [0.25, 0.3) is 20.7 Å². The van der Waals surface area contributed by atoms with Crippen LogP contribution in [0, 0.1) is 6.92 Å². The van der Waals surface area contributed by atoms with Crippen LogP contribution in [0.2, 0.25) is 0 Å². The van der Waals surface area contributed by atoms with Gasteiger partial charge < -0.3 is 15.5 Å². The molecule has 3 aromatic rings. The van der Waals surface area contributed by atoms with Gasteiger partial charge in [0.05, 0.1) is 10.6 Å². The van der Waals surface area contributed by atoms with Gasteiger partial charge in [0.1, 0.15) is 0 Å². The van der Waals surface area contributed by atoms with Crippen LogP contribution in [0.4, 0.5) is 5.95 Å². The number of carbonyl (C=O) groups is 1. The van der Waals surface area contributed by atoms with E-state index in [1.54, 1.807) is 18.4 Å². The normalized spacial score (nSPS) is 17.6. The second-order valence-electron chi connectivity index (χ2n) is 8.56. The van der Waals surface area contributed by atoms with E-state index in [1.807, 2.05) is 31.3 Å². The molecule has 2 aromatic heterocycles. The number of hydrogen-bond acceptors (Lipinski definition) is 7. The zero-order chi connectivity index (χ0) is 22.7. The number of amides is 1. The molecule has 1 amide bonds. The highest BCUT2D eigenvalue weighted by Gasteiger charge is 2.20. The van der Waals surface area contributed by atoms with E-state index in [9.17, 15) is 4.79 Å². The third kappa shape index (κ3) is 4.92. The third-order valence-corrected chi connectivity index (χ3v) is 7.22. The van der Waals surface area contributed by atoms with Gasteiger partial charge in [0.15, 0.2) is 0 Å². The summed E-state index contributed by atoms with van der Waals surface area (Å²) in [5, 5.41) is 7.08. The van der Waals surface area contributed by atoms with Crippen molar-refractivity contribution in [2.75, 3.05) is 52.1 Å².